The highest BCUT2D eigenvalue weighted by Crippen LogP contribution is 2.37. The quantitative estimate of drug-likeness (QED) is 0.455. The summed E-state index contributed by atoms with van der Waals surface area (Å²) in [6.45, 7) is 2.12. The Hall–Kier alpha value is -2.81. The van der Waals surface area contributed by atoms with Crippen LogP contribution in [-0.2, 0) is 0 Å². The Morgan fingerprint density at radius 2 is 1.81 bits per heavy atom. The second kappa shape index (κ2) is 6.73. The summed E-state index contributed by atoms with van der Waals surface area (Å²) in [7, 11) is 0. The van der Waals surface area contributed by atoms with Crippen LogP contribution in [0.3, 0.4) is 0 Å². The Morgan fingerprint density at radius 1 is 1.00 bits per heavy atom. The second-order valence-corrected chi connectivity index (χ2v) is 7.82. The summed E-state index contributed by atoms with van der Waals surface area (Å²) < 4.78 is 2.20. The van der Waals surface area contributed by atoms with Crippen LogP contribution in [0.2, 0.25) is 0 Å². The Kier molecular flexibility index (Phi) is 4.08. The standard InChI is InChI=1S/C24H25N3/c1-17-7-9-19(10-8-17)24-15-25-16-27(24)20-11-12-23-21(13-20)22(14-26-23)18-5-3-2-4-6-18/h7-16,18,26H,2-6H2,1H3. The highest BCUT2D eigenvalue weighted by molar-refractivity contribution is 5.86. The fraction of sp³-hybridized carbons (Fsp3) is 0.292. The number of imidazole rings is 1. The van der Waals surface area contributed by atoms with E-state index in [2.05, 4.69) is 70.1 Å². The van der Waals surface area contributed by atoms with Gasteiger partial charge in [0.15, 0.2) is 0 Å². The summed E-state index contributed by atoms with van der Waals surface area (Å²) in [6.07, 6.45) is 12.8. The molecule has 3 heteroatoms. The lowest BCUT2D eigenvalue weighted by Crippen LogP contribution is -2.03. The molecule has 1 aliphatic carbocycles. The number of hydrogen-bond acceptors (Lipinski definition) is 1. The molecule has 5 rings (SSSR count). The van der Waals surface area contributed by atoms with Gasteiger partial charge in [-0.3, -0.25) is 4.57 Å². The van der Waals surface area contributed by atoms with E-state index in [1.165, 1.54) is 65.4 Å². The minimum atomic E-state index is 0.696. The molecule has 4 aromatic rings. The van der Waals surface area contributed by atoms with E-state index < -0.39 is 0 Å². The zero-order valence-electron chi connectivity index (χ0n) is 15.8. The van der Waals surface area contributed by atoms with Crippen molar-refractivity contribution < 1.29 is 0 Å². The maximum Gasteiger partial charge on any atom is 0.0997 e. The molecule has 2 aromatic carbocycles. The molecule has 1 N–H and O–H groups in total. The van der Waals surface area contributed by atoms with Gasteiger partial charge in [-0.15, -0.1) is 0 Å². The largest absolute Gasteiger partial charge is 0.361 e. The Balaban J connectivity index is 1.58. The van der Waals surface area contributed by atoms with Gasteiger partial charge in [0.2, 0.25) is 0 Å². The molecule has 3 nitrogen and oxygen atoms in total. The van der Waals surface area contributed by atoms with Crippen molar-refractivity contribution in [2.24, 2.45) is 0 Å². The lowest BCUT2D eigenvalue weighted by atomic mass is 9.84. The second-order valence-electron chi connectivity index (χ2n) is 7.82. The fourth-order valence-corrected chi connectivity index (χ4v) is 4.47. The molecule has 1 fully saturated rings. The molecule has 2 heterocycles. The van der Waals surface area contributed by atoms with Crippen molar-refractivity contribution in [2.45, 2.75) is 44.9 Å². The van der Waals surface area contributed by atoms with E-state index >= 15 is 0 Å². The van der Waals surface area contributed by atoms with Gasteiger partial charge in [0.05, 0.1) is 18.2 Å². The van der Waals surface area contributed by atoms with Gasteiger partial charge in [-0.1, -0.05) is 49.1 Å². The topological polar surface area (TPSA) is 33.6 Å². The number of rotatable bonds is 3. The van der Waals surface area contributed by atoms with Crippen molar-refractivity contribution in [2.75, 3.05) is 0 Å². The van der Waals surface area contributed by atoms with Crippen molar-refractivity contribution in [3.05, 3.63) is 72.3 Å². The van der Waals surface area contributed by atoms with Crippen molar-refractivity contribution in [1.29, 1.82) is 0 Å². The lowest BCUT2D eigenvalue weighted by molar-refractivity contribution is 0.445. The third-order valence-electron chi connectivity index (χ3n) is 6.01. The maximum absolute atomic E-state index is 4.43. The first-order valence-electron chi connectivity index (χ1n) is 10.0. The molecule has 0 saturated heterocycles. The predicted molar refractivity (Wildman–Crippen MR) is 111 cm³/mol. The highest BCUT2D eigenvalue weighted by atomic mass is 15.0. The fourth-order valence-electron chi connectivity index (χ4n) is 4.47. The van der Waals surface area contributed by atoms with Gasteiger partial charge in [0.25, 0.3) is 0 Å². The highest BCUT2D eigenvalue weighted by Gasteiger charge is 2.19. The van der Waals surface area contributed by atoms with Crippen LogP contribution in [0.15, 0.2) is 61.2 Å². The zero-order chi connectivity index (χ0) is 18.2. The molecule has 0 bridgehead atoms. The molecule has 1 aliphatic rings. The van der Waals surface area contributed by atoms with Gasteiger partial charge < -0.3 is 4.98 Å². The van der Waals surface area contributed by atoms with Crippen molar-refractivity contribution >= 4 is 10.9 Å². The van der Waals surface area contributed by atoms with Crippen molar-refractivity contribution in [3.8, 4) is 16.9 Å². The Bertz CT molecular complexity index is 1060. The Morgan fingerprint density at radius 3 is 2.63 bits per heavy atom. The number of nitrogens with one attached hydrogen (secondary N) is 1. The number of aromatic nitrogens is 3. The molecule has 27 heavy (non-hydrogen) atoms. The van der Waals surface area contributed by atoms with Crippen LogP contribution in [0.5, 0.6) is 0 Å². The van der Waals surface area contributed by atoms with E-state index in [9.17, 15) is 0 Å². The molecule has 2 aromatic heterocycles. The van der Waals surface area contributed by atoms with Crippen LogP contribution in [-0.4, -0.2) is 14.5 Å². The number of aryl methyl sites for hydroxylation is 1. The van der Waals surface area contributed by atoms with Crippen LogP contribution in [0.25, 0.3) is 27.8 Å². The van der Waals surface area contributed by atoms with Gasteiger partial charge in [-0.05, 0) is 49.4 Å². The number of fused-ring (bicyclic) bond motifs is 1. The number of nitrogens with zero attached hydrogens (tertiary/aromatic N) is 2. The van der Waals surface area contributed by atoms with Crippen LogP contribution in [0.1, 0.15) is 49.1 Å². The van der Waals surface area contributed by atoms with E-state index in [4.69, 9.17) is 0 Å². The number of hydrogen-bond donors (Lipinski definition) is 1. The minimum Gasteiger partial charge on any atom is -0.361 e. The normalized spacial score (nSPS) is 15.4. The molecule has 0 atom stereocenters. The van der Waals surface area contributed by atoms with E-state index in [-0.39, 0.29) is 0 Å². The van der Waals surface area contributed by atoms with Crippen molar-refractivity contribution in [1.82, 2.24) is 14.5 Å². The molecule has 136 valence electrons. The lowest BCUT2D eigenvalue weighted by Gasteiger charge is -2.21. The van der Waals surface area contributed by atoms with Gasteiger partial charge >= 0.3 is 0 Å². The third kappa shape index (κ3) is 2.97. The number of aromatic amines is 1. The van der Waals surface area contributed by atoms with Gasteiger partial charge in [0, 0.05) is 28.4 Å². The Labute approximate surface area is 160 Å². The smallest absolute Gasteiger partial charge is 0.0997 e. The van der Waals surface area contributed by atoms with Crippen LogP contribution < -0.4 is 0 Å². The summed E-state index contributed by atoms with van der Waals surface area (Å²) in [4.78, 5) is 7.92. The first-order chi connectivity index (χ1) is 13.3. The molecule has 0 unspecified atom stereocenters. The van der Waals surface area contributed by atoms with Crippen molar-refractivity contribution in [3.63, 3.8) is 0 Å². The first kappa shape index (κ1) is 16.4. The number of H-pyrrole nitrogens is 1. The SMILES string of the molecule is Cc1ccc(-c2cncn2-c2ccc3[nH]cc(C4CCCCC4)c3c2)cc1. The molecule has 1 saturated carbocycles. The summed E-state index contributed by atoms with van der Waals surface area (Å²) in [5.74, 6) is 0.696. The third-order valence-corrected chi connectivity index (χ3v) is 6.01. The van der Waals surface area contributed by atoms with E-state index in [0.29, 0.717) is 5.92 Å². The van der Waals surface area contributed by atoms with Crippen LogP contribution in [0, 0.1) is 6.92 Å². The molecule has 0 spiro atoms. The summed E-state index contributed by atoms with van der Waals surface area (Å²) >= 11 is 0. The maximum atomic E-state index is 4.43. The average Bonchev–Trinajstić information content (AvgIpc) is 3.36. The van der Waals surface area contributed by atoms with Gasteiger partial charge in [-0.2, -0.15) is 0 Å². The molecular weight excluding hydrogens is 330 g/mol. The summed E-state index contributed by atoms with van der Waals surface area (Å²) in [6, 6.07) is 15.4. The van der Waals surface area contributed by atoms with Gasteiger partial charge in [0.1, 0.15) is 0 Å². The molecule has 0 amide bonds. The monoisotopic (exact) mass is 355 g/mol. The summed E-state index contributed by atoms with van der Waals surface area (Å²) in [5, 5.41) is 1.36. The predicted octanol–water partition coefficient (Wildman–Crippen LogP) is 6.38. The molecule has 0 radical (unpaired) electrons. The number of benzene rings is 2. The van der Waals surface area contributed by atoms with Gasteiger partial charge in [-0.25, -0.2) is 4.98 Å². The summed E-state index contributed by atoms with van der Waals surface area (Å²) in [5.41, 5.74) is 7.49. The zero-order valence-corrected chi connectivity index (χ0v) is 15.8. The first-order valence-corrected chi connectivity index (χ1v) is 10.0. The average molecular weight is 355 g/mol. The van der Waals surface area contributed by atoms with Crippen LogP contribution in [0.4, 0.5) is 0 Å². The molecular formula is C24H25N3. The van der Waals surface area contributed by atoms with E-state index in [1.807, 2.05) is 12.5 Å². The van der Waals surface area contributed by atoms with Crippen LogP contribution >= 0.6 is 0 Å². The molecule has 0 aliphatic heterocycles. The van der Waals surface area contributed by atoms with E-state index in [1.54, 1.807) is 0 Å². The minimum absolute atomic E-state index is 0.696. The van der Waals surface area contributed by atoms with E-state index in [0.717, 1.165) is 5.69 Å².